The summed E-state index contributed by atoms with van der Waals surface area (Å²) >= 11 is 5.46. The van der Waals surface area contributed by atoms with Gasteiger partial charge in [0.05, 0.1) is 12.3 Å². The molecule has 0 spiro atoms. The van der Waals surface area contributed by atoms with Crippen molar-refractivity contribution < 1.29 is 14.3 Å². The second kappa shape index (κ2) is 10.1. The summed E-state index contributed by atoms with van der Waals surface area (Å²) in [5.41, 5.74) is 2.83. The number of thiocarbonyl (C=S) groups is 1. The third kappa shape index (κ3) is 4.54. The van der Waals surface area contributed by atoms with E-state index in [1.165, 1.54) is 4.90 Å². The third-order valence-electron chi connectivity index (χ3n) is 5.83. The molecule has 8 heteroatoms. The van der Waals surface area contributed by atoms with Crippen molar-refractivity contribution in [2.75, 3.05) is 24.6 Å². The number of hydrogen-bond donors (Lipinski definition) is 1. The van der Waals surface area contributed by atoms with Gasteiger partial charge in [-0.3, -0.25) is 14.5 Å². The lowest BCUT2D eigenvalue weighted by Crippen LogP contribution is -2.33. The number of likely N-dealkylation sites (N-methyl/N-ethyl adjacent to an activating group) is 1. The number of benzene rings is 2. The normalized spacial score (nSPS) is 14.7. The highest BCUT2D eigenvalue weighted by Crippen LogP contribution is 2.28. The van der Waals surface area contributed by atoms with Crippen LogP contribution in [0.15, 0.2) is 60.4 Å². The predicted octanol–water partition coefficient (Wildman–Crippen LogP) is 4.17. The molecule has 2 aromatic carbocycles. The topological polar surface area (TPSA) is 66.8 Å². The molecule has 1 aromatic heterocycles. The molecule has 176 valence electrons. The van der Waals surface area contributed by atoms with Gasteiger partial charge in [0.15, 0.2) is 5.11 Å². The van der Waals surface area contributed by atoms with Gasteiger partial charge < -0.3 is 19.5 Å². The van der Waals surface area contributed by atoms with Gasteiger partial charge in [-0.05, 0) is 69.4 Å². The fraction of sp³-hybridized carbons (Fsp3) is 0.269. The smallest absolute Gasteiger partial charge is 0.281 e. The van der Waals surface area contributed by atoms with Crippen LogP contribution in [0.3, 0.4) is 0 Å². The first-order valence-electron chi connectivity index (χ1n) is 11.4. The highest BCUT2D eigenvalue weighted by molar-refractivity contribution is 7.80. The Hall–Kier alpha value is -3.65. The molecule has 2 heterocycles. The number of anilines is 1. The highest BCUT2D eigenvalue weighted by Gasteiger charge is 2.32. The molecule has 7 nitrogen and oxygen atoms in total. The van der Waals surface area contributed by atoms with Crippen molar-refractivity contribution in [2.45, 2.75) is 27.3 Å². The first kappa shape index (κ1) is 23.5. The second-order valence-electron chi connectivity index (χ2n) is 7.85. The summed E-state index contributed by atoms with van der Waals surface area (Å²) < 4.78 is 7.42. The maximum absolute atomic E-state index is 13.2. The van der Waals surface area contributed by atoms with E-state index in [9.17, 15) is 9.59 Å². The summed E-state index contributed by atoms with van der Waals surface area (Å²) in [5, 5.41) is 4.33. The lowest BCUT2D eigenvalue weighted by Gasteiger charge is -2.19. The molecule has 34 heavy (non-hydrogen) atoms. The van der Waals surface area contributed by atoms with Crippen LogP contribution < -0.4 is 15.0 Å². The Kier molecular flexibility index (Phi) is 6.98. The summed E-state index contributed by atoms with van der Waals surface area (Å²) in [6, 6.07) is 15.1. The Labute approximate surface area is 204 Å². The van der Waals surface area contributed by atoms with Gasteiger partial charge in [-0.1, -0.05) is 18.2 Å². The summed E-state index contributed by atoms with van der Waals surface area (Å²) in [5.74, 6) is 0.563. The van der Waals surface area contributed by atoms with Crippen molar-refractivity contribution in [3.8, 4) is 5.75 Å². The molecule has 2 amide bonds. The Balaban J connectivity index is 1.64. The van der Waals surface area contributed by atoms with E-state index in [-0.39, 0.29) is 18.4 Å². The van der Waals surface area contributed by atoms with Crippen LogP contribution in [-0.2, 0) is 16.1 Å². The van der Waals surface area contributed by atoms with E-state index in [0.717, 1.165) is 22.2 Å². The molecule has 0 unspecified atom stereocenters. The number of nitrogens with zero attached hydrogens (tertiary/aromatic N) is 3. The molecule has 3 aromatic rings. The van der Waals surface area contributed by atoms with Gasteiger partial charge in [0, 0.05) is 35.8 Å². The molecular formula is C26H28N4O3S. The number of ether oxygens (including phenoxy) is 1. The molecule has 1 N–H and O–H groups in total. The molecule has 0 bridgehead atoms. The molecule has 0 saturated carbocycles. The van der Waals surface area contributed by atoms with Crippen molar-refractivity contribution in [3.63, 3.8) is 0 Å². The van der Waals surface area contributed by atoms with E-state index in [0.29, 0.717) is 36.2 Å². The Morgan fingerprint density at radius 3 is 2.47 bits per heavy atom. The van der Waals surface area contributed by atoms with E-state index in [2.05, 4.69) is 5.32 Å². The monoisotopic (exact) mass is 476 g/mol. The summed E-state index contributed by atoms with van der Waals surface area (Å²) in [6.45, 7) is 8.02. The average Bonchev–Trinajstić information content (AvgIpc) is 3.32. The number of nitrogens with one attached hydrogen (secondary N) is 1. The zero-order chi connectivity index (χ0) is 24.2. The second-order valence-corrected chi connectivity index (χ2v) is 8.24. The van der Waals surface area contributed by atoms with Crippen molar-refractivity contribution in [1.29, 1.82) is 0 Å². The fourth-order valence-electron chi connectivity index (χ4n) is 4.13. The van der Waals surface area contributed by atoms with Crippen molar-refractivity contribution in [2.24, 2.45) is 0 Å². The molecule has 1 aliphatic rings. The molecular weight excluding hydrogens is 448 g/mol. The summed E-state index contributed by atoms with van der Waals surface area (Å²) in [7, 11) is 0. The zero-order valence-electron chi connectivity index (χ0n) is 19.6. The number of rotatable bonds is 8. The van der Waals surface area contributed by atoms with Crippen molar-refractivity contribution in [3.05, 3.63) is 66.0 Å². The molecule has 0 radical (unpaired) electrons. The molecule has 0 aliphatic carbocycles. The van der Waals surface area contributed by atoms with Crippen LogP contribution in [0.1, 0.15) is 26.3 Å². The Bertz CT molecular complexity index is 1260. The Morgan fingerprint density at radius 2 is 1.79 bits per heavy atom. The molecule has 1 fully saturated rings. The van der Waals surface area contributed by atoms with Crippen molar-refractivity contribution in [1.82, 2.24) is 14.8 Å². The number of hydrogen-bond acceptors (Lipinski definition) is 4. The Morgan fingerprint density at radius 1 is 1.09 bits per heavy atom. The van der Waals surface area contributed by atoms with Gasteiger partial charge in [-0.15, -0.1) is 0 Å². The summed E-state index contributed by atoms with van der Waals surface area (Å²) in [4.78, 5) is 29.2. The maximum atomic E-state index is 13.2. The number of fused-ring (bicyclic) bond motifs is 1. The lowest BCUT2D eigenvalue weighted by molar-refractivity contribution is -0.131. The van der Waals surface area contributed by atoms with Gasteiger partial charge in [-0.25, -0.2) is 0 Å². The number of carbonyl (C=O) groups is 2. The first-order chi connectivity index (χ1) is 16.5. The fourth-order valence-corrected chi connectivity index (χ4v) is 4.42. The van der Waals surface area contributed by atoms with Gasteiger partial charge in [0.25, 0.3) is 5.91 Å². The standard InChI is InChI=1S/C26H28N4O3S/c1-4-28(5-2)24(31)17-29-16-18(21-9-7-8-10-23(21)29)15-22-25(32)30(26(34)27-22)19-11-13-20(14-12-19)33-6-3/h7-16H,4-6,17H2,1-3H3,(H,27,34)/b22-15-. The maximum Gasteiger partial charge on any atom is 0.281 e. The van der Waals surface area contributed by atoms with E-state index in [1.807, 2.05) is 85.0 Å². The first-order valence-corrected chi connectivity index (χ1v) is 11.8. The quantitative estimate of drug-likeness (QED) is 0.390. The molecule has 0 atom stereocenters. The SMILES string of the molecule is CCOc1ccc(N2C(=O)/C(=C/c3cn(CC(=O)N(CC)CC)c4ccccc34)NC2=S)cc1. The van der Waals surface area contributed by atoms with Crippen molar-refractivity contribution >= 4 is 51.8 Å². The molecule has 4 rings (SSSR count). The van der Waals surface area contributed by atoms with Crippen LogP contribution in [0, 0.1) is 0 Å². The number of aromatic nitrogens is 1. The summed E-state index contributed by atoms with van der Waals surface area (Å²) in [6.07, 6.45) is 3.71. The van der Waals surface area contributed by atoms with Crippen LogP contribution in [-0.4, -0.2) is 46.1 Å². The van der Waals surface area contributed by atoms with E-state index < -0.39 is 0 Å². The van der Waals surface area contributed by atoms with Crippen LogP contribution in [0.2, 0.25) is 0 Å². The number of amides is 2. The predicted molar refractivity (Wildman–Crippen MR) is 139 cm³/mol. The number of carbonyl (C=O) groups excluding carboxylic acids is 2. The minimum atomic E-state index is -0.231. The van der Waals surface area contributed by atoms with Gasteiger partial charge in [0.1, 0.15) is 18.0 Å². The molecule has 1 saturated heterocycles. The minimum Gasteiger partial charge on any atom is -0.494 e. The third-order valence-corrected chi connectivity index (χ3v) is 6.11. The van der Waals surface area contributed by atoms with Crippen LogP contribution in [0.5, 0.6) is 5.75 Å². The van der Waals surface area contributed by atoms with Crippen LogP contribution >= 0.6 is 12.2 Å². The molecule has 1 aliphatic heterocycles. The van der Waals surface area contributed by atoms with Gasteiger partial charge >= 0.3 is 0 Å². The minimum absolute atomic E-state index is 0.0582. The van der Waals surface area contributed by atoms with Crippen LogP contribution in [0.4, 0.5) is 5.69 Å². The van der Waals surface area contributed by atoms with Gasteiger partial charge in [0.2, 0.25) is 5.91 Å². The van der Waals surface area contributed by atoms with E-state index >= 15 is 0 Å². The van der Waals surface area contributed by atoms with E-state index in [1.54, 1.807) is 6.08 Å². The number of para-hydroxylation sites is 1. The van der Waals surface area contributed by atoms with Crippen LogP contribution in [0.25, 0.3) is 17.0 Å². The lowest BCUT2D eigenvalue weighted by atomic mass is 10.1. The highest BCUT2D eigenvalue weighted by atomic mass is 32.1. The zero-order valence-corrected chi connectivity index (χ0v) is 20.4. The van der Waals surface area contributed by atoms with E-state index in [4.69, 9.17) is 17.0 Å². The average molecular weight is 477 g/mol. The largest absolute Gasteiger partial charge is 0.494 e. The van der Waals surface area contributed by atoms with Gasteiger partial charge in [-0.2, -0.15) is 0 Å².